The van der Waals surface area contributed by atoms with E-state index in [1.807, 2.05) is 12.1 Å². The number of aryl methyl sites for hydroxylation is 1. The van der Waals surface area contributed by atoms with Crippen molar-refractivity contribution in [2.75, 3.05) is 18.1 Å². The molecule has 1 amide bonds. The molecule has 1 aromatic heterocycles. The summed E-state index contributed by atoms with van der Waals surface area (Å²) < 4.78 is 25.1. The Kier molecular flexibility index (Phi) is 3.87. The van der Waals surface area contributed by atoms with Crippen LogP contribution in [0.5, 0.6) is 0 Å². The predicted octanol–water partition coefficient (Wildman–Crippen LogP) is 1.68. The third-order valence-corrected chi connectivity index (χ3v) is 7.09. The molecular weight excluding hydrogens is 324 g/mol. The molecule has 1 atom stereocenters. The third-order valence-electron chi connectivity index (χ3n) is 5.25. The molecule has 1 aliphatic carbocycles. The number of amides is 1. The van der Waals surface area contributed by atoms with Gasteiger partial charge in [0.2, 0.25) is 5.91 Å². The first-order valence-electron chi connectivity index (χ1n) is 8.59. The number of nitrogens with zero attached hydrogens (tertiary/aromatic N) is 1. The van der Waals surface area contributed by atoms with E-state index in [0.29, 0.717) is 19.5 Å². The van der Waals surface area contributed by atoms with Crippen LogP contribution in [0.15, 0.2) is 24.3 Å². The molecule has 4 rings (SSSR count). The highest BCUT2D eigenvalue weighted by atomic mass is 32.2. The molecule has 2 aliphatic rings. The molecule has 1 saturated heterocycles. The third kappa shape index (κ3) is 2.83. The fourth-order valence-corrected chi connectivity index (χ4v) is 5.96. The maximum Gasteiger partial charge on any atom is 0.239 e. The topological polar surface area (TPSA) is 68.2 Å². The molecule has 0 spiro atoms. The molecule has 1 aromatic carbocycles. The van der Waals surface area contributed by atoms with Gasteiger partial charge in [-0.2, -0.15) is 0 Å². The largest absolute Gasteiger partial charge is 0.354 e. The molecule has 6 heteroatoms. The van der Waals surface area contributed by atoms with E-state index >= 15 is 0 Å². The Labute approximate surface area is 142 Å². The van der Waals surface area contributed by atoms with Crippen molar-refractivity contribution in [2.45, 2.75) is 32.2 Å². The highest BCUT2D eigenvalue weighted by Crippen LogP contribution is 2.32. The number of carbonyl (C=O) groups is 1. The zero-order chi connectivity index (χ0) is 16.7. The number of hydrogen-bond acceptors (Lipinski definition) is 3. The zero-order valence-electron chi connectivity index (χ0n) is 13.6. The highest BCUT2D eigenvalue weighted by Gasteiger charge is 2.28. The lowest BCUT2D eigenvalue weighted by Gasteiger charge is -2.12. The fraction of sp³-hybridized carbons (Fsp3) is 0.500. The smallest absolute Gasteiger partial charge is 0.239 e. The van der Waals surface area contributed by atoms with E-state index in [1.165, 1.54) is 16.6 Å². The van der Waals surface area contributed by atoms with Crippen LogP contribution in [0.3, 0.4) is 0 Å². The van der Waals surface area contributed by atoms with Gasteiger partial charge >= 0.3 is 0 Å². The maximum atomic E-state index is 12.4. The van der Waals surface area contributed by atoms with Crippen LogP contribution in [-0.4, -0.2) is 36.9 Å². The first-order chi connectivity index (χ1) is 11.5. The van der Waals surface area contributed by atoms with E-state index in [1.54, 1.807) is 0 Å². The van der Waals surface area contributed by atoms with Crippen molar-refractivity contribution >= 4 is 26.6 Å². The monoisotopic (exact) mass is 346 g/mol. The quantitative estimate of drug-likeness (QED) is 0.916. The summed E-state index contributed by atoms with van der Waals surface area (Å²) in [6.45, 7) is 0.773. The summed E-state index contributed by atoms with van der Waals surface area (Å²) in [5.41, 5.74) is 3.80. The molecule has 128 valence electrons. The van der Waals surface area contributed by atoms with Crippen molar-refractivity contribution in [1.29, 1.82) is 0 Å². The van der Waals surface area contributed by atoms with Crippen molar-refractivity contribution in [3.8, 4) is 0 Å². The van der Waals surface area contributed by atoms with Gasteiger partial charge in [-0.05, 0) is 43.2 Å². The van der Waals surface area contributed by atoms with Crippen LogP contribution in [0.25, 0.3) is 10.9 Å². The SMILES string of the molecule is O=C(Cn1c2c(c3ccccc31)CCC2)NC[C@H]1CCS(=O)(=O)C1. The minimum atomic E-state index is -2.89. The van der Waals surface area contributed by atoms with Crippen LogP contribution in [0.4, 0.5) is 0 Å². The van der Waals surface area contributed by atoms with Crippen molar-refractivity contribution < 1.29 is 13.2 Å². The summed E-state index contributed by atoms with van der Waals surface area (Å²) in [4.78, 5) is 12.4. The van der Waals surface area contributed by atoms with E-state index in [2.05, 4.69) is 22.0 Å². The number of benzene rings is 1. The van der Waals surface area contributed by atoms with Crippen molar-refractivity contribution in [1.82, 2.24) is 9.88 Å². The molecule has 2 heterocycles. The molecule has 0 radical (unpaired) electrons. The summed E-state index contributed by atoms with van der Waals surface area (Å²) in [6, 6.07) is 8.27. The number of sulfone groups is 1. The van der Waals surface area contributed by atoms with E-state index in [9.17, 15) is 13.2 Å². The second-order valence-corrected chi connectivity index (χ2v) is 9.18. The Morgan fingerprint density at radius 1 is 1.25 bits per heavy atom. The van der Waals surface area contributed by atoms with Crippen LogP contribution < -0.4 is 5.32 Å². The van der Waals surface area contributed by atoms with Crippen LogP contribution in [0.2, 0.25) is 0 Å². The molecule has 0 unspecified atom stereocenters. The van der Waals surface area contributed by atoms with Gasteiger partial charge in [0.05, 0.1) is 11.5 Å². The normalized spacial score (nSPS) is 21.9. The summed E-state index contributed by atoms with van der Waals surface area (Å²) in [7, 11) is -2.89. The average Bonchev–Trinajstić information content (AvgIpc) is 3.22. The van der Waals surface area contributed by atoms with Crippen LogP contribution in [0.1, 0.15) is 24.1 Å². The van der Waals surface area contributed by atoms with Crippen LogP contribution >= 0.6 is 0 Å². The van der Waals surface area contributed by atoms with E-state index in [-0.39, 0.29) is 23.3 Å². The van der Waals surface area contributed by atoms with E-state index in [0.717, 1.165) is 24.8 Å². The molecule has 0 saturated carbocycles. The minimum Gasteiger partial charge on any atom is -0.354 e. The second-order valence-electron chi connectivity index (χ2n) is 6.96. The van der Waals surface area contributed by atoms with Crippen LogP contribution in [0, 0.1) is 5.92 Å². The summed E-state index contributed by atoms with van der Waals surface area (Å²) in [5, 5.41) is 4.20. The van der Waals surface area contributed by atoms with Gasteiger partial charge in [-0.15, -0.1) is 0 Å². The van der Waals surface area contributed by atoms with Gasteiger partial charge in [0, 0.05) is 23.1 Å². The number of carbonyl (C=O) groups excluding carboxylic acids is 1. The molecule has 1 N–H and O–H groups in total. The molecule has 5 nitrogen and oxygen atoms in total. The maximum absolute atomic E-state index is 12.4. The number of fused-ring (bicyclic) bond motifs is 3. The van der Waals surface area contributed by atoms with Gasteiger partial charge < -0.3 is 9.88 Å². The first kappa shape index (κ1) is 15.7. The number of rotatable bonds is 4. The van der Waals surface area contributed by atoms with Crippen LogP contribution in [-0.2, 0) is 34.0 Å². The summed E-state index contributed by atoms with van der Waals surface area (Å²) >= 11 is 0. The molecule has 1 fully saturated rings. The van der Waals surface area contributed by atoms with Crippen molar-refractivity contribution in [3.05, 3.63) is 35.5 Å². The van der Waals surface area contributed by atoms with Gasteiger partial charge in [0.25, 0.3) is 0 Å². The van der Waals surface area contributed by atoms with Gasteiger partial charge in [-0.25, -0.2) is 8.42 Å². The molecule has 2 aromatic rings. The van der Waals surface area contributed by atoms with E-state index in [4.69, 9.17) is 0 Å². The lowest BCUT2D eigenvalue weighted by molar-refractivity contribution is -0.121. The minimum absolute atomic E-state index is 0.0326. The molecule has 1 aliphatic heterocycles. The Bertz CT molecular complexity index is 898. The average molecular weight is 346 g/mol. The molecular formula is C18H22N2O3S. The highest BCUT2D eigenvalue weighted by molar-refractivity contribution is 7.91. The molecule has 24 heavy (non-hydrogen) atoms. The fourth-order valence-electron chi connectivity index (χ4n) is 4.10. The number of para-hydroxylation sites is 1. The lowest BCUT2D eigenvalue weighted by Crippen LogP contribution is -2.32. The van der Waals surface area contributed by atoms with Crippen molar-refractivity contribution in [3.63, 3.8) is 0 Å². The molecule has 0 bridgehead atoms. The van der Waals surface area contributed by atoms with E-state index < -0.39 is 9.84 Å². The summed E-state index contributed by atoms with van der Waals surface area (Å²) in [5.74, 6) is 0.485. The predicted molar refractivity (Wildman–Crippen MR) is 93.7 cm³/mol. The number of nitrogens with one attached hydrogen (secondary N) is 1. The Morgan fingerprint density at radius 2 is 2.08 bits per heavy atom. The summed E-state index contributed by atoms with van der Waals surface area (Å²) in [6.07, 6.45) is 3.92. The van der Waals surface area contributed by atoms with Gasteiger partial charge in [0.15, 0.2) is 9.84 Å². The Hall–Kier alpha value is -1.82. The Balaban J connectivity index is 1.48. The Morgan fingerprint density at radius 3 is 2.88 bits per heavy atom. The van der Waals surface area contributed by atoms with Gasteiger partial charge in [-0.1, -0.05) is 18.2 Å². The van der Waals surface area contributed by atoms with Gasteiger partial charge in [-0.3, -0.25) is 4.79 Å². The number of aromatic nitrogens is 1. The zero-order valence-corrected chi connectivity index (χ0v) is 14.4. The standard InChI is InChI=1S/C18H22N2O3S/c21-18(19-10-13-8-9-24(22,23)12-13)11-20-16-6-2-1-4-14(16)15-5-3-7-17(15)20/h1-2,4,6,13H,3,5,7-12H2,(H,19,21)/t13-/m1/s1. The van der Waals surface area contributed by atoms with Gasteiger partial charge in [0.1, 0.15) is 6.54 Å². The van der Waals surface area contributed by atoms with Crippen molar-refractivity contribution in [2.24, 2.45) is 5.92 Å². The second kappa shape index (κ2) is 5.92. The number of hydrogen-bond donors (Lipinski definition) is 1. The first-order valence-corrected chi connectivity index (χ1v) is 10.4. The lowest BCUT2D eigenvalue weighted by atomic mass is 10.1.